The van der Waals surface area contributed by atoms with Gasteiger partial charge in [-0.1, -0.05) is 11.8 Å². The van der Waals surface area contributed by atoms with Gasteiger partial charge >= 0.3 is 5.82 Å². The molecular weight excluding hydrogens is 426 g/mol. The molecule has 3 aromatic rings. The number of aromatic nitrogens is 5. The van der Waals surface area contributed by atoms with Crippen LogP contribution in [0.4, 0.5) is 11.5 Å². The average Bonchev–Trinajstić information content (AvgIpc) is 3.29. The van der Waals surface area contributed by atoms with Gasteiger partial charge in [0.25, 0.3) is 0 Å². The van der Waals surface area contributed by atoms with Crippen LogP contribution in [0.3, 0.4) is 0 Å². The molecule has 31 heavy (non-hydrogen) atoms. The number of fused-ring (bicyclic) bond motifs is 1. The molecule has 0 fully saturated rings. The van der Waals surface area contributed by atoms with Crippen LogP contribution in [0.1, 0.15) is 11.6 Å². The number of rotatable bonds is 7. The van der Waals surface area contributed by atoms with Gasteiger partial charge < -0.3 is 29.5 Å². The maximum atomic E-state index is 12.3. The number of hydrogen-bond donors (Lipinski definition) is 1. The van der Waals surface area contributed by atoms with Crippen molar-refractivity contribution in [2.24, 2.45) is 7.05 Å². The molecule has 4 rings (SSSR count). The minimum atomic E-state index is -0.492. The fourth-order valence-corrected chi connectivity index (χ4v) is 3.73. The fourth-order valence-electron chi connectivity index (χ4n) is 3.00. The second kappa shape index (κ2) is 8.63. The Morgan fingerprint density at radius 3 is 2.84 bits per heavy atom. The number of thioether (sulfide) groups is 1. The van der Waals surface area contributed by atoms with Gasteiger partial charge in [0.2, 0.25) is 5.91 Å². The SMILES string of the molecule is Cc1ncc([N+](=O)[O-])n1Cc1nnc(SCC(=O)Nc2ccc3c(c2)OCCO3)n1C. The summed E-state index contributed by atoms with van der Waals surface area (Å²) < 4.78 is 14.1. The van der Waals surface area contributed by atoms with Crippen molar-refractivity contribution in [2.45, 2.75) is 18.6 Å². The van der Waals surface area contributed by atoms with Gasteiger partial charge in [0, 0.05) is 25.7 Å². The Hall–Kier alpha value is -3.61. The van der Waals surface area contributed by atoms with Crippen LogP contribution < -0.4 is 14.8 Å². The molecule has 0 radical (unpaired) electrons. The third kappa shape index (κ3) is 4.45. The number of hydrogen-bond acceptors (Lipinski definition) is 9. The lowest BCUT2D eigenvalue weighted by molar-refractivity contribution is -0.392. The predicted molar refractivity (Wildman–Crippen MR) is 111 cm³/mol. The van der Waals surface area contributed by atoms with Crippen molar-refractivity contribution >= 4 is 29.2 Å². The number of amides is 1. The third-order valence-corrected chi connectivity index (χ3v) is 5.62. The Morgan fingerprint density at radius 1 is 1.29 bits per heavy atom. The summed E-state index contributed by atoms with van der Waals surface area (Å²) in [5.74, 6) is 2.05. The topological polar surface area (TPSA) is 139 Å². The highest BCUT2D eigenvalue weighted by Gasteiger charge is 2.21. The molecular formula is C18H19N7O5S. The van der Waals surface area contributed by atoms with Crippen molar-refractivity contribution in [3.63, 3.8) is 0 Å². The minimum absolute atomic E-state index is 0.116. The Balaban J connectivity index is 1.37. The van der Waals surface area contributed by atoms with Gasteiger partial charge in [-0.2, -0.15) is 0 Å². The van der Waals surface area contributed by atoms with E-state index < -0.39 is 4.92 Å². The number of ether oxygens (including phenoxy) is 2. The van der Waals surface area contributed by atoms with E-state index in [1.54, 1.807) is 36.7 Å². The van der Waals surface area contributed by atoms with E-state index in [0.29, 0.717) is 47.2 Å². The van der Waals surface area contributed by atoms with E-state index in [1.807, 2.05) is 0 Å². The molecule has 1 N–H and O–H groups in total. The first kappa shape index (κ1) is 20.7. The third-order valence-electron chi connectivity index (χ3n) is 4.60. The lowest BCUT2D eigenvalue weighted by Gasteiger charge is -2.18. The quantitative estimate of drug-likeness (QED) is 0.327. The smallest absolute Gasteiger partial charge is 0.343 e. The summed E-state index contributed by atoms with van der Waals surface area (Å²) in [5.41, 5.74) is 0.608. The first-order chi connectivity index (χ1) is 14.9. The zero-order chi connectivity index (χ0) is 22.0. The van der Waals surface area contributed by atoms with Crippen molar-refractivity contribution in [3.8, 4) is 11.5 Å². The van der Waals surface area contributed by atoms with Crippen molar-refractivity contribution in [1.29, 1.82) is 0 Å². The zero-order valence-electron chi connectivity index (χ0n) is 16.8. The molecule has 0 unspecified atom stereocenters. The van der Waals surface area contributed by atoms with Crippen LogP contribution in [0.2, 0.25) is 0 Å². The van der Waals surface area contributed by atoms with Crippen LogP contribution in [-0.2, 0) is 18.4 Å². The Kier molecular flexibility index (Phi) is 5.75. The van der Waals surface area contributed by atoms with Crippen LogP contribution in [0.15, 0.2) is 29.6 Å². The van der Waals surface area contributed by atoms with Crippen molar-refractivity contribution in [1.82, 2.24) is 24.3 Å². The summed E-state index contributed by atoms with van der Waals surface area (Å²) in [4.78, 5) is 27.0. The van der Waals surface area contributed by atoms with Crippen molar-refractivity contribution < 1.29 is 19.2 Å². The molecule has 12 nitrogen and oxygen atoms in total. The highest BCUT2D eigenvalue weighted by molar-refractivity contribution is 7.99. The zero-order valence-corrected chi connectivity index (χ0v) is 17.6. The molecule has 1 aromatic carbocycles. The molecule has 0 saturated heterocycles. The number of imidazole rings is 1. The van der Waals surface area contributed by atoms with Crippen molar-refractivity contribution in [3.05, 3.63) is 46.2 Å². The van der Waals surface area contributed by atoms with Crippen LogP contribution >= 0.6 is 11.8 Å². The maximum absolute atomic E-state index is 12.3. The maximum Gasteiger partial charge on any atom is 0.343 e. The van der Waals surface area contributed by atoms with E-state index in [0.717, 1.165) is 0 Å². The van der Waals surface area contributed by atoms with Gasteiger partial charge in [-0.05, 0) is 17.1 Å². The molecule has 0 spiro atoms. The molecule has 13 heteroatoms. The Labute approximate surface area is 180 Å². The van der Waals surface area contributed by atoms with Gasteiger partial charge in [0.1, 0.15) is 19.4 Å². The summed E-state index contributed by atoms with van der Waals surface area (Å²) in [6.07, 6.45) is 1.21. The van der Waals surface area contributed by atoms with Gasteiger partial charge in [-0.15, -0.1) is 10.2 Å². The standard InChI is InChI=1S/C18H19N7O5S/c1-11-19-8-17(25(27)28)24(11)9-15-21-22-18(23(15)2)31-10-16(26)20-12-3-4-13-14(7-12)30-6-5-29-13/h3-4,7-8H,5-6,9-10H2,1-2H3,(H,20,26). The van der Waals surface area contributed by atoms with Crippen molar-refractivity contribution in [2.75, 3.05) is 24.3 Å². The van der Waals surface area contributed by atoms with Gasteiger partial charge in [0.05, 0.1) is 5.75 Å². The molecule has 0 bridgehead atoms. The second-order valence-corrected chi connectivity index (χ2v) is 7.60. The van der Waals surface area contributed by atoms with E-state index in [2.05, 4.69) is 20.5 Å². The summed E-state index contributed by atoms with van der Waals surface area (Å²) in [6, 6.07) is 5.22. The predicted octanol–water partition coefficient (Wildman–Crippen LogP) is 1.78. The van der Waals surface area contributed by atoms with E-state index >= 15 is 0 Å². The van der Waals surface area contributed by atoms with E-state index in [1.165, 1.54) is 22.5 Å². The first-order valence-electron chi connectivity index (χ1n) is 9.29. The molecule has 0 aliphatic carbocycles. The van der Waals surface area contributed by atoms with Crippen LogP contribution in [0.25, 0.3) is 0 Å². The molecule has 0 atom stereocenters. The normalized spacial score (nSPS) is 12.6. The molecule has 3 heterocycles. The summed E-state index contributed by atoms with van der Waals surface area (Å²) in [6.45, 7) is 2.80. The monoisotopic (exact) mass is 445 g/mol. The van der Waals surface area contributed by atoms with Gasteiger partial charge in [-0.3, -0.25) is 4.79 Å². The highest BCUT2D eigenvalue weighted by Crippen LogP contribution is 2.32. The molecule has 162 valence electrons. The average molecular weight is 445 g/mol. The molecule has 0 saturated carbocycles. The second-order valence-electron chi connectivity index (χ2n) is 6.66. The largest absolute Gasteiger partial charge is 0.486 e. The molecule has 1 aliphatic heterocycles. The van der Waals surface area contributed by atoms with Gasteiger partial charge in [-0.25, -0.2) is 9.55 Å². The number of nitro groups is 1. The van der Waals surface area contributed by atoms with E-state index in [4.69, 9.17) is 9.47 Å². The number of anilines is 1. The molecule has 2 aromatic heterocycles. The number of nitrogens with one attached hydrogen (secondary N) is 1. The fraction of sp³-hybridized carbons (Fsp3) is 0.333. The lowest BCUT2D eigenvalue weighted by atomic mass is 10.2. The first-order valence-corrected chi connectivity index (χ1v) is 10.3. The molecule has 1 amide bonds. The number of carbonyl (C=O) groups excluding carboxylic acids is 1. The number of carbonyl (C=O) groups is 1. The Bertz CT molecular complexity index is 1140. The van der Waals surface area contributed by atoms with Gasteiger partial charge in [0.15, 0.2) is 34.8 Å². The molecule has 1 aliphatic rings. The van der Waals surface area contributed by atoms with Crippen LogP contribution in [-0.4, -0.2) is 54.1 Å². The van der Waals surface area contributed by atoms with E-state index in [-0.39, 0.29) is 24.0 Å². The lowest BCUT2D eigenvalue weighted by Crippen LogP contribution is -2.17. The van der Waals surface area contributed by atoms with Crippen LogP contribution in [0, 0.1) is 17.0 Å². The summed E-state index contributed by atoms with van der Waals surface area (Å²) in [7, 11) is 1.74. The summed E-state index contributed by atoms with van der Waals surface area (Å²) in [5, 5.41) is 22.7. The summed E-state index contributed by atoms with van der Waals surface area (Å²) >= 11 is 1.21. The van der Waals surface area contributed by atoms with Crippen LogP contribution in [0.5, 0.6) is 11.5 Å². The highest BCUT2D eigenvalue weighted by atomic mass is 32.2. The number of benzene rings is 1. The minimum Gasteiger partial charge on any atom is -0.486 e. The number of nitrogens with zero attached hydrogens (tertiary/aromatic N) is 6. The Morgan fingerprint density at radius 2 is 2.06 bits per heavy atom. The number of aryl methyl sites for hydroxylation is 1. The van der Waals surface area contributed by atoms with E-state index in [9.17, 15) is 14.9 Å².